The third-order valence-electron chi connectivity index (χ3n) is 14.4. The highest BCUT2D eigenvalue weighted by Crippen LogP contribution is 2.69. The van der Waals surface area contributed by atoms with Crippen LogP contribution in [0.1, 0.15) is 35.6 Å². The summed E-state index contributed by atoms with van der Waals surface area (Å²) < 4.78 is 2.47. The molecule has 0 fully saturated rings. The number of anilines is 5. The van der Waals surface area contributed by atoms with Gasteiger partial charge in [0.2, 0.25) is 0 Å². The summed E-state index contributed by atoms with van der Waals surface area (Å²) in [6.07, 6.45) is 0.909. The maximum absolute atomic E-state index is 2.61. The van der Waals surface area contributed by atoms with Gasteiger partial charge in [0.05, 0.1) is 33.5 Å². The van der Waals surface area contributed by atoms with E-state index in [9.17, 15) is 0 Å². The van der Waals surface area contributed by atoms with Crippen molar-refractivity contribution in [3.8, 4) is 5.69 Å². The molecule has 3 heterocycles. The maximum Gasteiger partial charge on any atom is 0.0720 e. The first kappa shape index (κ1) is 36.0. The minimum atomic E-state index is -0.467. The van der Waals surface area contributed by atoms with E-state index in [1.54, 1.807) is 0 Å². The fourth-order valence-electron chi connectivity index (χ4n) is 12.0. The number of hydrogen-bond acceptors (Lipinski definition) is 3. The predicted molar refractivity (Wildman–Crippen MR) is 268 cm³/mol. The van der Waals surface area contributed by atoms with Crippen LogP contribution in [0.15, 0.2) is 233 Å². The van der Waals surface area contributed by atoms with E-state index in [0.717, 1.165) is 6.42 Å². The normalized spacial score (nSPS) is 16.8. The molecule has 1 unspecified atom stereocenters. The second-order valence-corrected chi connectivity index (χ2v) is 18.7. The monoisotopic (exact) mass is 835 g/mol. The van der Waals surface area contributed by atoms with Gasteiger partial charge in [0.15, 0.2) is 0 Å². The van der Waals surface area contributed by atoms with Crippen LogP contribution < -0.4 is 9.80 Å². The third kappa shape index (κ3) is 4.73. The van der Waals surface area contributed by atoms with Crippen LogP contribution in [0.4, 0.5) is 28.4 Å². The zero-order valence-corrected chi connectivity index (χ0v) is 36.1. The molecule has 0 bridgehead atoms. The lowest BCUT2D eigenvalue weighted by Gasteiger charge is -2.48. The highest BCUT2D eigenvalue weighted by Gasteiger charge is 2.56. The van der Waals surface area contributed by atoms with Gasteiger partial charge < -0.3 is 14.4 Å². The van der Waals surface area contributed by atoms with E-state index < -0.39 is 5.41 Å². The van der Waals surface area contributed by atoms with Crippen LogP contribution in [0.2, 0.25) is 0 Å². The fraction of sp³-hybridized carbons (Fsp3) is 0.0667. The predicted octanol–water partition coefficient (Wildman–Crippen LogP) is 16.0. The summed E-state index contributed by atoms with van der Waals surface area (Å²) >= 11 is 1.96. The fourth-order valence-corrected chi connectivity index (χ4v) is 13.3. The van der Waals surface area contributed by atoms with Crippen LogP contribution >= 0.6 is 11.8 Å². The zero-order chi connectivity index (χ0) is 42.1. The quantitative estimate of drug-likeness (QED) is 0.176. The topological polar surface area (TPSA) is 11.4 Å². The molecule has 0 saturated heterocycles. The van der Waals surface area contributed by atoms with Gasteiger partial charge in [-0.25, -0.2) is 0 Å². The first-order valence-corrected chi connectivity index (χ1v) is 23.2. The number of nitrogens with zero attached hydrogens (tertiary/aromatic N) is 3. The Morgan fingerprint density at radius 3 is 1.88 bits per heavy atom. The molecule has 1 spiro atoms. The van der Waals surface area contributed by atoms with Gasteiger partial charge in [-0.15, -0.1) is 0 Å². The van der Waals surface area contributed by atoms with Crippen LogP contribution in [-0.4, -0.2) is 4.57 Å². The summed E-state index contributed by atoms with van der Waals surface area (Å²) in [6, 6.07) is 79.1. The Kier molecular flexibility index (Phi) is 7.59. The molecular formula is C60H41N3S. The van der Waals surface area contributed by atoms with Crippen molar-refractivity contribution >= 4 is 78.4 Å². The van der Waals surface area contributed by atoms with Crippen molar-refractivity contribution in [2.75, 3.05) is 9.80 Å². The van der Waals surface area contributed by atoms with Crippen molar-refractivity contribution in [3.05, 3.63) is 251 Å². The molecule has 10 aromatic rings. The molecule has 3 nitrogen and oxygen atoms in total. The molecule has 0 radical (unpaired) electrons. The lowest BCUT2D eigenvalue weighted by molar-refractivity contribution is 0.564. The highest BCUT2D eigenvalue weighted by molar-refractivity contribution is 8.04. The van der Waals surface area contributed by atoms with Crippen molar-refractivity contribution in [1.82, 2.24) is 4.57 Å². The van der Waals surface area contributed by atoms with Gasteiger partial charge >= 0.3 is 0 Å². The van der Waals surface area contributed by atoms with Crippen LogP contribution in [0.25, 0.3) is 43.8 Å². The average Bonchev–Trinajstić information content (AvgIpc) is 3.86. The highest BCUT2D eigenvalue weighted by atomic mass is 32.2. The van der Waals surface area contributed by atoms with E-state index in [0.29, 0.717) is 0 Å². The number of hydrogen-bond donors (Lipinski definition) is 0. The molecular weight excluding hydrogens is 795 g/mol. The smallest absolute Gasteiger partial charge is 0.0720 e. The number of allylic oxidation sites excluding steroid dienone is 3. The van der Waals surface area contributed by atoms with E-state index in [2.05, 4.69) is 234 Å². The number of thioether (sulfide) groups is 1. The summed E-state index contributed by atoms with van der Waals surface area (Å²) in [6.45, 7) is 2.49. The van der Waals surface area contributed by atoms with Gasteiger partial charge in [-0.05, 0) is 118 Å². The minimum Gasteiger partial charge on any atom is -0.312 e. The standard InChI is InChI=1S/C60H41N3S/c1-38-36-54-59(56-45-24-10-11-25-47(45)60(57(38)56)48-26-12-14-28-51(48)61(40-19-4-2-5-20-40)52-29-15-13-27-49(52)60)64-55-31-17-16-30-53(55)62(54)42-33-35-50-46(37-42)44-34-32-39-18-8-9-23-43(39)58(44)63(50)41-21-6-3-7-22-41/h2-35,37-38H,36H2,1H3. The van der Waals surface area contributed by atoms with E-state index >= 15 is 0 Å². The summed E-state index contributed by atoms with van der Waals surface area (Å²) in [5, 5.41) is 5.03. The first-order valence-electron chi connectivity index (χ1n) is 22.4. The van der Waals surface area contributed by atoms with Crippen LogP contribution in [-0.2, 0) is 5.41 Å². The molecule has 9 aromatic carbocycles. The third-order valence-corrected chi connectivity index (χ3v) is 15.6. The van der Waals surface area contributed by atoms with E-state index in [4.69, 9.17) is 0 Å². The van der Waals surface area contributed by atoms with Crippen molar-refractivity contribution in [2.24, 2.45) is 5.92 Å². The van der Waals surface area contributed by atoms with Crippen molar-refractivity contribution in [2.45, 2.75) is 23.7 Å². The number of benzene rings is 9. The molecule has 1 aromatic heterocycles. The Morgan fingerprint density at radius 2 is 1.11 bits per heavy atom. The molecule has 0 N–H and O–H groups in total. The first-order chi connectivity index (χ1) is 31.7. The molecule has 0 saturated carbocycles. The summed E-state index contributed by atoms with van der Waals surface area (Å²) in [7, 11) is 0. The largest absolute Gasteiger partial charge is 0.312 e. The lowest BCUT2D eigenvalue weighted by Crippen LogP contribution is -2.39. The molecule has 64 heavy (non-hydrogen) atoms. The second kappa shape index (κ2) is 13.5. The van der Waals surface area contributed by atoms with Gasteiger partial charge in [0, 0.05) is 48.7 Å². The van der Waals surface area contributed by atoms with Gasteiger partial charge in [-0.2, -0.15) is 0 Å². The van der Waals surface area contributed by atoms with Crippen molar-refractivity contribution < 1.29 is 0 Å². The molecule has 2 aliphatic heterocycles. The molecule has 2 aliphatic carbocycles. The maximum atomic E-state index is 2.61. The summed E-state index contributed by atoms with van der Waals surface area (Å²) in [4.78, 5) is 7.74. The van der Waals surface area contributed by atoms with E-state index in [1.165, 1.54) is 116 Å². The Morgan fingerprint density at radius 1 is 0.484 bits per heavy atom. The lowest BCUT2D eigenvalue weighted by atomic mass is 9.60. The summed E-state index contributed by atoms with van der Waals surface area (Å²) in [5.41, 5.74) is 18.9. The van der Waals surface area contributed by atoms with Gasteiger partial charge in [0.1, 0.15) is 0 Å². The Labute approximate surface area is 376 Å². The van der Waals surface area contributed by atoms with E-state index in [1.807, 2.05) is 11.8 Å². The molecule has 1 atom stereocenters. The number of fused-ring (bicyclic) bond motifs is 15. The van der Waals surface area contributed by atoms with Gasteiger partial charge in [-0.1, -0.05) is 164 Å². The van der Waals surface area contributed by atoms with Gasteiger partial charge in [0.25, 0.3) is 0 Å². The molecule has 4 aliphatic rings. The number of rotatable bonds is 3. The molecule has 302 valence electrons. The molecule has 4 heteroatoms. The summed E-state index contributed by atoms with van der Waals surface area (Å²) in [5.74, 6) is 0.231. The van der Waals surface area contributed by atoms with E-state index in [-0.39, 0.29) is 5.92 Å². The Bertz CT molecular complexity index is 3610. The van der Waals surface area contributed by atoms with Crippen molar-refractivity contribution in [1.29, 1.82) is 0 Å². The SMILES string of the molecule is CC1CC2=C(Sc3ccccc3N2c2ccc3c(c2)c2ccc4ccccc4c2n3-c2ccccc2)C2=C1C1(c3ccccc32)c2ccccc2N(c2ccccc2)c2ccccc21. The Balaban J connectivity index is 1.04. The minimum absolute atomic E-state index is 0.231. The molecule has 14 rings (SSSR count). The zero-order valence-electron chi connectivity index (χ0n) is 35.2. The molecule has 0 amide bonds. The van der Waals surface area contributed by atoms with Crippen molar-refractivity contribution in [3.63, 3.8) is 0 Å². The second-order valence-electron chi connectivity index (χ2n) is 17.6. The number of para-hydroxylation sites is 5. The van der Waals surface area contributed by atoms with Crippen LogP contribution in [0.5, 0.6) is 0 Å². The van der Waals surface area contributed by atoms with Gasteiger partial charge in [-0.3, -0.25) is 0 Å². The Hall–Kier alpha value is -7.53. The van der Waals surface area contributed by atoms with Crippen LogP contribution in [0, 0.1) is 5.92 Å². The average molecular weight is 836 g/mol. The number of aromatic nitrogens is 1. The van der Waals surface area contributed by atoms with Crippen LogP contribution in [0.3, 0.4) is 0 Å².